The molecule has 2 aromatic carbocycles. The lowest BCUT2D eigenvalue weighted by atomic mass is 10.1. The van der Waals surface area contributed by atoms with Gasteiger partial charge >= 0.3 is 0 Å². The SMILES string of the molecule is Cc1ccc(S(=O)(=O)N(CC(=O)N2CCN(c3ccc(-c4ccccc4Cl)nn3)CC2)CC(C)C)cc1. The summed E-state index contributed by atoms with van der Waals surface area (Å²) in [6.45, 7) is 8.01. The molecule has 0 spiro atoms. The van der Waals surface area contributed by atoms with E-state index in [9.17, 15) is 13.2 Å². The molecule has 1 saturated heterocycles. The Labute approximate surface area is 223 Å². The van der Waals surface area contributed by atoms with Gasteiger partial charge in [0.25, 0.3) is 0 Å². The van der Waals surface area contributed by atoms with Crippen molar-refractivity contribution in [3.05, 3.63) is 71.2 Å². The monoisotopic (exact) mass is 541 g/mol. The molecule has 1 aliphatic heterocycles. The zero-order valence-corrected chi connectivity index (χ0v) is 22.9. The summed E-state index contributed by atoms with van der Waals surface area (Å²) in [6, 6.07) is 18.0. The Balaban J connectivity index is 1.39. The number of aryl methyl sites for hydroxylation is 1. The Morgan fingerprint density at radius 3 is 2.24 bits per heavy atom. The van der Waals surface area contributed by atoms with E-state index in [0.717, 1.165) is 16.9 Å². The third-order valence-electron chi connectivity index (χ3n) is 6.30. The van der Waals surface area contributed by atoms with Crippen molar-refractivity contribution in [2.24, 2.45) is 5.92 Å². The maximum Gasteiger partial charge on any atom is 0.243 e. The number of sulfonamides is 1. The number of nitrogens with zero attached hydrogens (tertiary/aromatic N) is 5. The van der Waals surface area contributed by atoms with Gasteiger partial charge in [0, 0.05) is 38.3 Å². The maximum atomic E-state index is 13.3. The topological polar surface area (TPSA) is 86.7 Å². The standard InChI is InChI=1S/C27H32ClN5O3S/c1-20(2)18-33(37(35,36)22-10-8-21(3)9-11-22)19-27(34)32-16-14-31(15-17-32)26-13-12-25(29-30-26)23-6-4-5-7-24(23)28/h4-13,20H,14-19H2,1-3H3. The number of amides is 1. The molecule has 8 nitrogen and oxygen atoms in total. The summed E-state index contributed by atoms with van der Waals surface area (Å²) in [4.78, 5) is 17.2. The first-order valence-electron chi connectivity index (χ1n) is 12.3. The highest BCUT2D eigenvalue weighted by Gasteiger charge is 2.30. The summed E-state index contributed by atoms with van der Waals surface area (Å²) in [5, 5.41) is 9.32. The van der Waals surface area contributed by atoms with Crippen molar-refractivity contribution in [1.29, 1.82) is 0 Å². The van der Waals surface area contributed by atoms with Gasteiger partial charge in [-0.15, -0.1) is 10.2 Å². The second kappa shape index (κ2) is 11.6. The number of benzene rings is 2. The third-order valence-corrected chi connectivity index (χ3v) is 8.45. The molecule has 0 saturated carbocycles. The fourth-order valence-electron chi connectivity index (χ4n) is 4.26. The molecule has 0 N–H and O–H groups in total. The van der Waals surface area contributed by atoms with Crippen LogP contribution in [0.3, 0.4) is 0 Å². The van der Waals surface area contributed by atoms with Crippen LogP contribution < -0.4 is 4.90 Å². The number of hydrogen-bond donors (Lipinski definition) is 0. The molecule has 37 heavy (non-hydrogen) atoms. The molecule has 1 aromatic heterocycles. The van der Waals surface area contributed by atoms with Crippen LogP contribution in [0.1, 0.15) is 19.4 Å². The minimum Gasteiger partial charge on any atom is -0.352 e. The van der Waals surface area contributed by atoms with Gasteiger partial charge in [0.15, 0.2) is 5.82 Å². The molecular weight excluding hydrogens is 510 g/mol. The van der Waals surface area contributed by atoms with Gasteiger partial charge in [-0.25, -0.2) is 8.42 Å². The Morgan fingerprint density at radius 1 is 0.973 bits per heavy atom. The molecule has 10 heteroatoms. The lowest BCUT2D eigenvalue weighted by Crippen LogP contribution is -2.52. The molecule has 0 aliphatic carbocycles. The third kappa shape index (κ3) is 6.47. The molecule has 4 rings (SSSR count). The van der Waals surface area contributed by atoms with Gasteiger partial charge in [0.05, 0.1) is 22.2 Å². The van der Waals surface area contributed by atoms with Crippen LogP contribution in [0.15, 0.2) is 65.6 Å². The highest BCUT2D eigenvalue weighted by Crippen LogP contribution is 2.26. The molecule has 1 aliphatic rings. The highest BCUT2D eigenvalue weighted by molar-refractivity contribution is 7.89. The van der Waals surface area contributed by atoms with E-state index >= 15 is 0 Å². The zero-order valence-electron chi connectivity index (χ0n) is 21.3. The van der Waals surface area contributed by atoms with Crippen LogP contribution in [0.4, 0.5) is 5.82 Å². The average molecular weight is 542 g/mol. The summed E-state index contributed by atoms with van der Waals surface area (Å²) in [5.74, 6) is 0.611. The smallest absolute Gasteiger partial charge is 0.243 e. The van der Waals surface area contributed by atoms with E-state index < -0.39 is 10.0 Å². The number of carbonyl (C=O) groups excluding carboxylic acids is 1. The summed E-state index contributed by atoms with van der Waals surface area (Å²) >= 11 is 6.27. The van der Waals surface area contributed by atoms with E-state index in [0.29, 0.717) is 36.9 Å². The maximum absolute atomic E-state index is 13.3. The van der Waals surface area contributed by atoms with Crippen LogP contribution in [0.5, 0.6) is 0 Å². The lowest BCUT2D eigenvalue weighted by molar-refractivity contribution is -0.131. The Kier molecular flexibility index (Phi) is 8.46. The Hall–Kier alpha value is -3.01. The van der Waals surface area contributed by atoms with Crippen molar-refractivity contribution in [2.75, 3.05) is 44.2 Å². The minimum absolute atomic E-state index is 0.0807. The van der Waals surface area contributed by atoms with Crippen molar-refractivity contribution >= 4 is 33.3 Å². The van der Waals surface area contributed by atoms with Crippen LogP contribution in [0, 0.1) is 12.8 Å². The predicted molar refractivity (Wildman–Crippen MR) is 146 cm³/mol. The quantitative estimate of drug-likeness (QED) is 0.427. The second-order valence-corrected chi connectivity index (χ2v) is 12.0. The van der Waals surface area contributed by atoms with Crippen LogP contribution in [0.2, 0.25) is 5.02 Å². The average Bonchev–Trinajstić information content (AvgIpc) is 2.89. The molecule has 0 radical (unpaired) electrons. The molecule has 3 aromatic rings. The summed E-state index contributed by atoms with van der Waals surface area (Å²) < 4.78 is 27.9. The van der Waals surface area contributed by atoms with Gasteiger partial charge < -0.3 is 9.80 Å². The second-order valence-electron chi connectivity index (χ2n) is 9.63. The van der Waals surface area contributed by atoms with Gasteiger partial charge in [0.1, 0.15) is 0 Å². The van der Waals surface area contributed by atoms with Gasteiger partial charge in [-0.05, 0) is 43.2 Å². The number of aromatic nitrogens is 2. The molecule has 0 bridgehead atoms. The first-order chi connectivity index (χ1) is 17.6. The first kappa shape index (κ1) is 27.0. The van der Waals surface area contributed by atoms with E-state index in [1.165, 1.54) is 4.31 Å². The summed E-state index contributed by atoms with van der Waals surface area (Å²) in [7, 11) is -3.78. The van der Waals surface area contributed by atoms with Crippen molar-refractivity contribution in [3.63, 3.8) is 0 Å². The van der Waals surface area contributed by atoms with E-state index in [1.54, 1.807) is 29.2 Å². The summed E-state index contributed by atoms with van der Waals surface area (Å²) in [5.41, 5.74) is 2.50. The van der Waals surface area contributed by atoms with Gasteiger partial charge in [-0.2, -0.15) is 4.31 Å². The number of rotatable bonds is 8. The largest absolute Gasteiger partial charge is 0.352 e. The normalized spacial score (nSPS) is 14.4. The summed E-state index contributed by atoms with van der Waals surface area (Å²) in [6.07, 6.45) is 0. The fraction of sp³-hybridized carbons (Fsp3) is 0.370. The number of hydrogen-bond acceptors (Lipinski definition) is 6. The molecule has 1 amide bonds. The van der Waals surface area contributed by atoms with Gasteiger partial charge in [-0.1, -0.05) is 61.3 Å². The molecule has 0 unspecified atom stereocenters. The van der Waals surface area contributed by atoms with Crippen LogP contribution >= 0.6 is 11.6 Å². The zero-order chi connectivity index (χ0) is 26.6. The van der Waals surface area contributed by atoms with Crippen LogP contribution in [0.25, 0.3) is 11.3 Å². The van der Waals surface area contributed by atoms with Gasteiger partial charge in [-0.3, -0.25) is 4.79 Å². The van der Waals surface area contributed by atoms with Gasteiger partial charge in [0.2, 0.25) is 15.9 Å². The molecule has 0 atom stereocenters. The lowest BCUT2D eigenvalue weighted by Gasteiger charge is -2.36. The molecule has 1 fully saturated rings. The first-order valence-corrected chi connectivity index (χ1v) is 14.1. The Morgan fingerprint density at radius 2 is 1.65 bits per heavy atom. The van der Waals surface area contributed by atoms with E-state index in [-0.39, 0.29) is 29.8 Å². The molecule has 2 heterocycles. The van der Waals surface area contributed by atoms with E-state index in [2.05, 4.69) is 15.1 Å². The number of halogens is 1. The predicted octanol–water partition coefficient (Wildman–Crippen LogP) is 4.10. The van der Waals surface area contributed by atoms with Crippen molar-refractivity contribution in [1.82, 2.24) is 19.4 Å². The van der Waals surface area contributed by atoms with Crippen LogP contribution in [-0.4, -0.2) is 73.0 Å². The van der Waals surface area contributed by atoms with E-state index in [4.69, 9.17) is 11.6 Å². The van der Waals surface area contributed by atoms with E-state index in [1.807, 2.05) is 57.2 Å². The minimum atomic E-state index is -3.78. The van der Waals surface area contributed by atoms with Crippen molar-refractivity contribution in [2.45, 2.75) is 25.7 Å². The fourth-order valence-corrected chi connectivity index (χ4v) is 6.04. The number of carbonyl (C=O) groups is 1. The number of anilines is 1. The molecular formula is C27H32ClN5O3S. The Bertz CT molecular complexity index is 1320. The van der Waals surface area contributed by atoms with Crippen LogP contribution in [-0.2, 0) is 14.8 Å². The highest BCUT2D eigenvalue weighted by atomic mass is 35.5. The number of piperazine rings is 1. The van der Waals surface area contributed by atoms with Crippen molar-refractivity contribution in [3.8, 4) is 11.3 Å². The van der Waals surface area contributed by atoms with Crippen molar-refractivity contribution < 1.29 is 13.2 Å². The molecule has 196 valence electrons.